The summed E-state index contributed by atoms with van der Waals surface area (Å²) in [4.78, 5) is 15.8. The molecule has 0 atom stereocenters. The van der Waals surface area contributed by atoms with Gasteiger partial charge >= 0.3 is 0 Å². The molecule has 0 saturated carbocycles. The van der Waals surface area contributed by atoms with Crippen molar-refractivity contribution in [3.05, 3.63) is 59.7 Å². The van der Waals surface area contributed by atoms with Gasteiger partial charge in [-0.25, -0.2) is 13.8 Å². The van der Waals surface area contributed by atoms with E-state index in [1.54, 1.807) is 24.3 Å². The van der Waals surface area contributed by atoms with E-state index in [2.05, 4.69) is 10.3 Å². The van der Waals surface area contributed by atoms with E-state index in [1.165, 1.54) is 6.07 Å². The molecule has 1 amide bonds. The molecular formula is C14H8F2N2O. The van der Waals surface area contributed by atoms with Crippen LogP contribution in [-0.4, -0.2) is 11.6 Å². The Labute approximate surface area is 107 Å². The molecule has 5 heteroatoms. The lowest BCUT2D eigenvalue weighted by Gasteiger charge is -1.99. The van der Waals surface area contributed by atoms with Crippen LogP contribution in [0.5, 0.6) is 0 Å². The predicted octanol–water partition coefficient (Wildman–Crippen LogP) is 3.04. The first-order valence-corrected chi connectivity index (χ1v) is 5.59. The third kappa shape index (κ3) is 1.99. The van der Waals surface area contributed by atoms with E-state index in [9.17, 15) is 13.6 Å². The first kappa shape index (κ1) is 11.5. The minimum Gasteiger partial charge on any atom is -0.320 e. The Bertz CT molecular complexity index is 710. The van der Waals surface area contributed by atoms with Crippen molar-refractivity contribution < 1.29 is 13.6 Å². The average molecular weight is 258 g/mol. The van der Waals surface area contributed by atoms with Gasteiger partial charge in [-0.15, -0.1) is 0 Å². The maximum Gasteiger partial charge on any atom is 0.275 e. The molecule has 1 N–H and O–H groups in total. The number of hydrogen-bond donors (Lipinski definition) is 1. The first-order chi connectivity index (χ1) is 9.15. The largest absolute Gasteiger partial charge is 0.320 e. The van der Waals surface area contributed by atoms with Gasteiger partial charge in [0.25, 0.3) is 5.91 Å². The van der Waals surface area contributed by atoms with Crippen LogP contribution in [0.2, 0.25) is 0 Å². The summed E-state index contributed by atoms with van der Waals surface area (Å²) in [5, 5.41) is 2.63. The summed E-state index contributed by atoms with van der Waals surface area (Å²) in [5.74, 6) is -1.88. The smallest absolute Gasteiger partial charge is 0.275 e. The molecule has 1 heterocycles. The van der Waals surface area contributed by atoms with E-state index in [1.807, 2.05) is 0 Å². The zero-order chi connectivity index (χ0) is 13.4. The summed E-state index contributed by atoms with van der Waals surface area (Å²) in [6, 6.07) is 10.0. The third-order valence-corrected chi connectivity index (χ3v) is 2.79. The third-order valence-electron chi connectivity index (χ3n) is 2.79. The second-order valence-corrected chi connectivity index (χ2v) is 4.06. The number of halogens is 2. The molecule has 2 aromatic carbocycles. The highest BCUT2D eigenvalue weighted by molar-refractivity contribution is 6.54. The topological polar surface area (TPSA) is 41.5 Å². The molecule has 0 radical (unpaired) electrons. The van der Waals surface area contributed by atoms with Gasteiger partial charge in [0, 0.05) is 11.6 Å². The van der Waals surface area contributed by atoms with Gasteiger partial charge in [-0.1, -0.05) is 18.2 Å². The number of rotatable bonds is 1. The number of amides is 1. The minimum absolute atomic E-state index is 0.0664. The lowest BCUT2D eigenvalue weighted by Crippen LogP contribution is -2.14. The lowest BCUT2D eigenvalue weighted by molar-refractivity contribution is -0.110. The zero-order valence-corrected chi connectivity index (χ0v) is 9.65. The molecule has 94 valence electrons. The first-order valence-electron chi connectivity index (χ1n) is 5.59. The molecule has 0 unspecified atom stereocenters. The predicted molar refractivity (Wildman–Crippen MR) is 67.6 cm³/mol. The summed E-state index contributed by atoms with van der Waals surface area (Å²) in [6.07, 6.45) is 0. The summed E-state index contributed by atoms with van der Waals surface area (Å²) >= 11 is 0. The second-order valence-electron chi connectivity index (χ2n) is 4.06. The maximum absolute atomic E-state index is 13.5. The Hall–Kier alpha value is -2.56. The van der Waals surface area contributed by atoms with E-state index < -0.39 is 17.5 Å². The highest BCUT2D eigenvalue weighted by Gasteiger charge is 2.25. The van der Waals surface area contributed by atoms with Crippen molar-refractivity contribution >= 4 is 23.0 Å². The SMILES string of the molecule is O=C1Nc2ccccc2C1=Nc1ccc(F)cc1F. The van der Waals surface area contributed by atoms with Crippen LogP contribution in [0.25, 0.3) is 0 Å². The molecular weight excluding hydrogens is 250 g/mol. The highest BCUT2D eigenvalue weighted by Crippen LogP contribution is 2.26. The number of carbonyl (C=O) groups is 1. The minimum atomic E-state index is -0.801. The van der Waals surface area contributed by atoms with E-state index in [4.69, 9.17) is 0 Å². The van der Waals surface area contributed by atoms with Crippen LogP contribution in [0.3, 0.4) is 0 Å². The van der Waals surface area contributed by atoms with Crippen molar-refractivity contribution in [2.75, 3.05) is 5.32 Å². The Morgan fingerprint density at radius 3 is 2.63 bits per heavy atom. The molecule has 0 aromatic heterocycles. The Morgan fingerprint density at radius 2 is 1.84 bits per heavy atom. The number of carbonyl (C=O) groups excluding carboxylic acids is 1. The maximum atomic E-state index is 13.5. The fraction of sp³-hybridized carbons (Fsp3) is 0. The van der Waals surface area contributed by atoms with Crippen molar-refractivity contribution in [2.45, 2.75) is 0 Å². The van der Waals surface area contributed by atoms with Crippen LogP contribution in [0.1, 0.15) is 5.56 Å². The van der Waals surface area contributed by atoms with E-state index in [0.717, 1.165) is 12.1 Å². The Balaban J connectivity index is 2.11. The van der Waals surface area contributed by atoms with Crippen LogP contribution >= 0.6 is 0 Å². The van der Waals surface area contributed by atoms with E-state index in [-0.39, 0.29) is 11.4 Å². The summed E-state index contributed by atoms with van der Waals surface area (Å²) < 4.78 is 26.3. The van der Waals surface area contributed by atoms with Crippen molar-refractivity contribution in [3.63, 3.8) is 0 Å². The molecule has 3 rings (SSSR count). The van der Waals surface area contributed by atoms with Crippen molar-refractivity contribution in [3.8, 4) is 0 Å². The second kappa shape index (κ2) is 4.28. The van der Waals surface area contributed by atoms with Crippen LogP contribution < -0.4 is 5.32 Å². The van der Waals surface area contributed by atoms with Gasteiger partial charge in [0.05, 0.1) is 11.4 Å². The zero-order valence-electron chi connectivity index (χ0n) is 9.65. The van der Waals surface area contributed by atoms with Crippen LogP contribution in [0.4, 0.5) is 20.2 Å². The van der Waals surface area contributed by atoms with Crippen molar-refractivity contribution in [1.82, 2.24) is 0 Å². The average Bonchev–Trinajstić information content (AvgIpc) is 2.69. The molecule has 0 spiro atoms. The number of nitrogens with one attached hydrogen (secondary N) is 1. The molecule has 0 saturated heterocycles. The molecule has 0 bridgehead atoms. The number of hydrogen-bond acceptors (Lipinski definition) is 2. The van der Waals surface area contributed by atoms with Gasteiger partial charge in [0.2, 0.25) is 0 Å². The fourth-order valence-electron chi connectivity index (χ4n) is 1.91. The molecule has 0 aliphatic carbocycles. The van der Waals surface area contributed by atoms with Crippen LogP contribution in [0, 0.1) is 11.6 Å². The van der Waals surface area contributed by atoms with Gasteiger partial charge in [-0.3, -0.25) is 4.79 Å². The number of benzene rings is 2. The molecule has 1 aliphatic heterocycles. The van der Waals surface area contributed by atoms with Gasteiger partial charge in [0.15, 0.2) is 5.82 Å². The molecule has 0 fully saturated rings. The van der Waals surface area contributed by atoms with Gasteiger partial charge in [0.1, 0.15) is 11.5 Å². The number of fused-ring (bicyclic) bond motifs is 1. The monoisotopic (exact) mass is 258 g/mol. The quantitative estimate of drug-likeness (QED) is 0.839. The number of aliphatic imine (C=N–C) groups is 1. The van der Waals surface area contributed by atoms with Crippen molar-refractivity contribution in [1.29, 1.82) is 0 Å². The Kier molecular flexibility index (Phi) is 2.59. The summed E-state index contributed by atoms with van der Waals surface area (Å²) in [5.41, 5.74) is 1.30. The number of para-hydroxylation sites is 1. The summed E-state index contributed by atoms with van der Waals surface area (Å²) in [7, 11) is 0. The number of nitrogens with zero attached hydrogens (tertiary/aromatic N) is 1. The fourth-order valence-corrected chi connectivity index (χ4v) is 1.91. The van der Waals surface area contributed by atoms with Crippen LogP contribution in [0.15, 0.2) is 47.5 Å². The van der Waals surface area contributed by atoms with E-state index >= 15 is 0 Å². The van der Waals surface area contributed by atoms with Crippen molar-refractivity contribution in [2.24, 2.45) is 4.99 Å². The van der Waals surface area contributed by atoms with Crippen LogP contribution in [-0.2, 0) is 4.79 Å². The standard InChI is InChI=1S/C14H8F2N2O/c15-8-5-6-12(10(16)7-8)17-13-9-3-1-2-4-11(9)18-14(13)19/h1-7H,(H,17,18,19). The highest BCUT2D eigenvalue weighted by atomic mass is 19.1. The normalized spacial score (nSPS) is 15.5. The molecule has 1 aliphatic rings. The summed E-state index contributed by atoms with van der Waals surface area (Å²) in [6.45, 7) is 0. The molecule has 19 heavy (non-hydrogen) atoms. The Morgan fingerprint density at radius 1 is 1.05 bits per heavy atom. The lowest BCUT2D eigenvalue weighted by atomic mass is 10.1. The van der Waals surface area contributed by atoms with Gasteiger partial charge < -0.3 is 5.32 Å². The number of anilines is 1. The van der Waals surface area contributed by atoms with Gasteiger partial charge in [-0.05, 0) is 18.2 Å². The molecule has 3 nitrogen and oxygen atoms in total. The van der Waals surface area contributed by atoms with E-state index in [0.29, 0.717) is 11.3 Å². The molecule has 2 aromatic rings. The van der Waals surface area contributed by atoms with Gasteiger partial charge in [-0.2, -0.15) is 0 Å².